The molecular formula is C32H43N5O6. The highest BCUT2D eigenvalue weighted by Gasteiger charge is 2.42. The number of nitrogens with one attached hydrogen (secondary N) is 1. The molecule has 0 atom stereocenters. The topological polar surface area (TPSA) is 107 Å². The zero-order valence-corrected chi connectivity index (χ0v) is 26.3. The molecule has 232 valence electrons. The molecule has 2 aliphatic rings. The summed E-state index contributed by atoms with van der Waals surface area (Å²) in [5.74, 6) is 2.05. The molecule has 0 unspecified atom stereocenters. The monoisotopic (exact) mass is 593 g/mol. The number of likely N-dealkylation sites (tertiary alicyclic amines) is 1. The van der Waals surface area contributed by atoms with Crippen LogP contribution in [-0.4, -0.2) is 90.7 Å². The lowest BCUT2D eigenvalue weighted by atomic mass is 9.89. The van der Waals surface area contributed by atoms with E-state index in [1.54, 1.807) is 50.0 Å². The number of pyridine rings is 2. The van der Waals surface area contributed by atoms with Crippen molar-refractivity contribution in [2.75, 3.05) is 59.4 Å². The van der Waals surface area contributed by atoms with Gasteiger partial charge in [0.1, 0.15) is 22.9 Å². The molecule has 0 bridgehead atoms. The van der Waals surface area contributed by atoms with Crippen molar-refractivity contribution < 1.29 is 23.7 Å². The number of methoxy groups -OCH3 is 2. The second-order valence-corrected chi connectivity index (χ2v) is 12.4. The molecule has 2 aliphatic heterocycles. The minimum absolute atomic E-state index is 0.0905. The number of nitrogens with zero attached hydrogens (tertiary/aromatic N) is 4. The van der Waals surface area contributed by atoms with Gasteiger partial charge in [-0.3, -0.25) is 9.69 Å². The van der Waals surface area contributed by atoms with Crippen molar-refractivity contribution in [3.8, 4) is 22.6 Å². The number of piperidine rings is 1. The minimum atomic E-state index is -0.531. The normalized spacial score (nSPS) is 17.2. The Bertz CT molecular complexity index is 1530. The molecule has 0 saturated carbocycles. The Morgan fingerprint density at radius 1 is 1.07 bits per heavy atom. The number of benzene rings is 1. The molecule has 11 nitrogen and oxygen atoms in total. The van der Waals surface area contributed by atoms with E-state index in [-0.39, 0.29) is 17.3 Å². The molecule has 1 N–H and O–H groups in total. The third-order valence-electron chi connectivity index (χ3n) is 8.29. The molecule has 2 saturated heterocycles. The number of hydrogen-bond donors (Lipinski definition) is 1. The van der Waals surface area contributed by atoms with Crippen LogP contribution in [0.5, 0.6) is 11.5 Å². The van der Waals surface area contributed by atoms with E-state index in [4.69, 9.17) is 18.9 Å². The summed E-state index contributed by atoms with van der Waals surface area (Å²) in [4.78, 5) is 34.3. The summed E-state index contributed by atoms with van der Waals surface area (Å²) in [6.45, 7) is 9.49. The first-order valence-corrected chi connectivity index (χ1v) is 14.7. The van der Waals surface area contributed by atoms with Gasteiger partial charge in [0.2, 0.25) is 0 Å². The average molecular weight is 594 g/mol. The van der Waals surface area contributed by atoms with Crippen molar-refractivity contribution in [3.63, 3.8) is 0 Å². The molecule has 1 aromatic carbocycles. The van der Waals surface area contributed by atoms with Gasteiger partial charge in [0.25, 0.3) is 5.56 Å². The molecule has 43 heavy (non-hydrogen) atoms. The van der Waals surface area contributed by atoms with Crippen LogP contribution in [0, 0.1) is 0 Å². The number of hydrogen-bond acceptors (Lipinski definition) is 9. The van der Waals surface area contributed by atoms with Crippen molar-refractivity contribution in [2.45, 2.75) is 51.4 Å². The first kappa shape index (κ1) is 30.6. The number of ether oxygens (including phenoxy) is 4. The van der Waals surface area contributed by atoms with Crippen LogP contribution in [0.15, 0.2) is 35.4 Å². The first-order valence-electron chi connectivity index (χ1n) is 14.7. The van der Waals surface area contributed by atoms with Crippen LogP contribution in [0.1, 0.15) is 39.2 Å². The van der Waals surface area contributed by atoms with Gasteiger partial charge in [-0.15, -0.1) is 0 Å². The van der Waals surface area contributed by atoms with Crippen molar-refractivity contribution in [1.82, 2.24) is 19.4 Å². The van der Waals surface area contributed by atoms with Crippen LogP contribution in [0.4, 0.5) is 10.6 Å². The van der Waals surface area contributed by atoms with E-state index in [2.05, 4.69) is 15.2 Å². The number of anilines is 1. The number of aromatic nitrogens is 2. The fourth-order valence-corrected chi connectivity index (χ4v) is 5.99. The molecule has 2 aromatic heterocycles. The maximum absolute atomic E-state index is 12.9. The maximum atomic E-state index is 12.9. The summed E-state index contributed by atoms with van der Waals surface area (Å²) < 4.78 is 25.3. The second-order valence-electron chi connectivity index (χ2n) is 12.4. The van der Waals surface area contributed by atoms with Crippen molar-refractivity contribution >= 4 is 22.7 Å². The highest BCUT2D eigenvalue weighted by atomic mass is 16.6. The Balaban J connectivity index is 1.37. The van der Waals surface area contributed by atoms with E-state index in [0.717, 1.165) is 48.0 Å². The van der Waals surface area contributed by atoms with E-state index in [1.165, 1.54) is 0 Å². The number of amides is 1. The van der Waals surface area contributed by atoms with Gasteiger partial charge in [-0.25, -0.2) is 9.78 Å². The van der Waals surface area contributed by atoms with Gasteiger partial charge < -0.3 is 33.7 Å². The fourth-order valence-electron chi connectivity index (χ4n) is 5.99. The number of fused-ring (bicyclic) bond motifs is 1. The van der Waals surface area contributed by atoms with Crippen LogP contribution in [-0.2, 0) is 23.1 Å². The zero-order chi connectivity index (χ0) is 30.9. The molecule has 5 rings (SSSR count). The summed E-state index contributed by atoms with van der Waals surface area (Å²) in [6, 6.07) is 5.77. The first-order chi connectivity index (χ1) is 20.5. The Kier molecular flexibility index (Phi) is 8.58. The molecule has 2 fully saturated rings. The maximum Gasteiger partial charge on any atom is 0.410 e. The number of carbonyl (C=O) groups excluding carboxylic acids is 1. The summed E-state index contributed by atoms with van der Waals surface area (Å²) in [5, 5.41) is 4.35. The summed E-state index contributed by atoms with van der Waals surface area (Å²) >= 11 is 0. The van der Waals surface area contributed by atoms with Gasteiger partial charge in [-0.05, 0) is 57.4 Å². The highest BCUT2D eigenvalue weighted by molar-refractivity contribution is 5.96. The van der Waals surface area contributed by atoms with Crippen LogP contribution in [0.3, 0.4) is 0 Å². The second kappa shape index (κ2) is 12.0. The number of aryl methyl sites for hydroxylation is 1. The molecule has 3 aromatic rings. The van der Waals surface area contributed by atoms with Gasteiger partial charge in [0.05, 0.1) is 43.9 Å². The predicted molar refractivity (Wildman–Crippen MR) is 166 cm³/mol. The van der Waals surface area contributed by atoms with Crippen molar-refractivity contribution in [3.05, 3.63) is 46.5 Å². The summed E-state index contributed by atoms with van der Waals surface area (Å²) in [5.41, 5.74) is 1.69. The number of carbonyl (C=O) groups is 1. The van der Waals surface area contributed by atoms with Gasteiger partial charge in [-0.1, -0.05) is 0 Å². The Hall–Kier alpha value is -3.83. The molecule has 0 aliphatic carbocycles. The SMILES string of the molecule is CNc1cc2c(=O)n(C)cc(-c3cc(OC)c(CN4CCC5(CC4)CN(C(=O)OC(C)(C)C)CCO5)c(OC)c3)c2cn1. The largest absolute Gasteiger partial charge is 0.496 e. The minimum Gasteiger partial charge on any atom is -0.496 e. The molecule has 11 heteroatoms. The quantitative estimate of drug-likeness (QED) is 0.449. The van der Waals surface area contributed by atoms with E-state index in [1.807, 2.05) is 39.1 Å². The third-order valence-corrected chi connectivity index (χ3v) is 8.29. The van der Waals surface area contributed by atoms with Gasteiger partial charge in [0.15, 0.2) is 0 Å². The Morgan fingerprint density at radius 2 is 1.74 bits per heavy atom. The van der Waals surface area contributed by atoms with Crippen LogP contribution >= 0.6 is 0 Å². The average Bonchev–Trinajstić information content (AvgIpc) is 2.99. The van der Waals surface area contributed by atoms with Crippen LogP contribution in [0.2, 0.25) is 0 Å². The van der Waals surface area contributed by atoms with E-state index >= 15 is 0 Å². The molecular weight excluding hydrogens is 550 g/mol. The van der Waals surface area contributed by atoms with Crippen LogP contribution in [0.25, 0.3) is 21.9 Å². The number of rotatable bonds is 6. The molecule has 4 heterocycles. The number of morpholine rings is 1. The lowest BCUT2D eigenvalue weighted by molar-refractivity contribution is -0.134. The van der Waals surface area contributed by atoms with Gasteiger partial charge in [0, 0.05) is 63.6 Å². The third kappa shape index (κ3) is 6.42. The van der Waals surface area contributed by atoms with E-state index in [9.17, 15) is 9.59 Å². The Morgan fingerprint density at radius 3 is 2.35 bits per heavy atom. The predicted octanol–water partition coefficient (Wildman–Crippen LogP) is 4.26. The summed E-state index contributed by atoms with van der Waals surface area (Å²) in [7, 11) is 6.85. The Labute approximate surface area is 252 Å². The van der Waals surface area contributed by atoms with Crippen molar-refractivity contribution in [1.29, 1.82) is 0 Å². The standard InChI is InChI=1S/C32H43N5O6/c1-31(2,3)43-30(39)37-12-13-42-32(20-37)8-10-36(11-9-32)19-25-26(40-6)14-21(15-27(25)41-7)24-18-35(5)29(38)22-16-28(33-4)34-17-23(22)24/h14-18H,8-13,19-20H2,1-7H3,(H,33,34). The van der Waals surface area contributed by atoms with Gasteiger partial charge >= 0.3 is 6.09 Å². The lowest BCUT2D eigenvalue weighted by Gasteiger charge is -2.47. The smallest absolute Gasteiger partial charge is 0.410 e. The fraction of sp³-hybridized carbons (Fsp3) is 0.531. The van der Waals surface area contributed by atoms with Crippen LogP contribution < -0.4 is 20.3 Å². The van der Waals surface area contributed by atoms with Gasteiger partial charge in [-0.2, -0.15) is 0 Å². The van der Waals surface area contributed by atoms with E-state index < -0.39 is 5.60 Å². The van der Waals surface area contributed by atoms with Crippen molar-refractivity contribution in [2.24, 2.45) is 7.05 Å². The summed E-state index contributed by atoms with van der Waals surface area (Å²) in [6.07, 6.45) is 4.89. The zero-order valence-electron chi connectivity index (χ0n) is 26.3. The molecule has 1 amide bonds. The molecule has 1 spiro atoms. The highest BCUT2D eigenvalue weighted by Crippen LogP contribution is 2.39. The van der Waals surface area contributed by atoms with E-state index in [0.29, 0.717) is 48.9 Å². The lowest BCUT2D eigenvalue weighted by Crippen LogP contribution is -2.58. The molecule has 0 radical (unpaired) electrons.